The molecule has 0 atom stereocenters. The molecule has 20 heavy (non-hydrogen) atoms. The minimum Gasteiger partial charge on any atom is -0.484 e. The Morgan fingerprint density at radius 1 is 1.15 bits per heavy atom. The zero-order chi connectivity index (χ0) is 14.4. The predicted octanol–water partition coefficient (Wildman–Crippen LogP) is 1.88. The van der Waals surface area contributed by atoms with E-state index in [4.69, 9.17) is 9.15 Å². The van der Waals surface area contributed by atoms with Crippen molar-refractivity contribution in [2.75, 3.05) is 6.61 Å². The van der Waals surface area contributed by atoms with Crippen LogP contribution in [0.15, 0.2) is 51.6 Å². The summed E-state index contributed by atoms with van der Waals surface area (Å²) >= 11 is 3.29. The van der Waals surface area contributed by atoms with Gasteiger partial charge in [-0.1, -0.05) is 15.9 Å². The molecule has 1 aromatic carbocycles. The first-order valence-corrected chi connectivity index (χ1v) is 6.45. The van der Waals surface area contributed by atoms with E-state index in [-0.39, 0.29) is 12.4 Å². The van der Waals surface area contributed by atoms with Crippen molar-refractivity contribution < 1.29 is 18.7 Å². The number of hydrogen-bond acceptors (Lipinski definition) is 4. The average Bonchev–Trinajstić information content (AvgIpc) is 2.98. The van der Waals surface area contributed by atoms with Crippen molar-refractivity contribution in [1.29, 1.82) is 0 Å². The third-order valence-electron chi connectivity index (χ3n) is 2.24. The smallest absolute Gasteiger partial charge is 0.305 e. The van der Waals surface area contributed by atoms with E-state index in [9.17, 15) is 9.59 Å². The molecular formula is C13H11BrN2O4. The normalized spacial score (nSPS) is 9.85. The zero-order valence-electron chi connectivity index (χ0n) is 10.3. The first kappa shape index (κ1) is 14.1. The van der Waals surface area contributed by atoms with Crippen LogP contribution >= 0.6 is 15.9 Å². The number of hydrazine groups is 1. The van der Waals surface area contributed by atoms with E-state index in [0.717, 1.165) is 4.47 Å². The minimum absolute atomic E-state index is 0.110. The number of carbonyl (C=O) groups excluding carboxylic acids is 2. The van der Waals surface area contributed by atoms with Gasteiger partial charge >= 0.3 is 5.91 Å². The SMILES string of the molecule is O=C(COc1ccc(Br)cc1)NNC(=O)c1ccco1. The Labute approximate surface area is 123 Å². The predicted molar refractivity (Wildman–Crippen MR) is 74.0 cm³/mol. The van der Waals surface area contributed by atoms with Gasteiger partial charge in [-0.2, -0.15) is 0 Å². The molecule has 0 spiro atoms. The number of halogens is 1. The Bertz CT molecular complexity index is 581. The van der Waals surface area contributed by atoms with Gasteiger partial charge in [0.15, 0.2) is 12.4 Å². The van der Waals surface area contributed by atoms with Crippen molar-refractivity contribution in [2.24, 2.45) is 0 Å². The molecule has 104 valence electrons. The lowest BCUT2D eigenvalue weighted by Gasteiger charge is -2.07. The molecule has 0 unspecified atom stereocenters. The van der Waals surface area contributed by atoms with Gasteiger partial charge in [0.25, 0.3) is 5.91 Å². The van der Waals surface area contributed by atoms with Crippen LogP contribution in [0.1, 0.15) is 10.6 Å². The molecule has 2 amide bonds. The van der Waals surface area contributed by atoms with E-state index in [1.54, 1.807) is 30.3 Å². The van der Waals surface area contributed by atoms with Gasteiger partial charge in [-0.15, -0.1) is 0 Å². The molecular weight excluding hydrogens is 328 g/mol. The number of benzene rings is 1. The Hall–Kier alpha value is -2.28. The van der Waals surface area contributed by atoms with Crippen LogP contribution in [0.25, 0.3) is 0 Å². The van der Waals surface area contributed by atoms with E-state index in [1.165, 1.54) is 12.3 Å². The van der Waals surface area contributed by atoms with E-state index in [1.807, 2.05) is 0 Å². The van der Waals surface area contributed by atoms with E-state index in [0.29, 0.717) is 5.75 Å². The summed E-state index contributed by atoms with van der Waals surface area (Å²) in [7, 11) is 0. The van der Waals surface area contributed by atoms with Crippen molar-refractivity contribution >= 4 is 27.7 Å². The highest BCUT2D eigenvalue weighted by atomic mass is 79.9. The fourth-order valence-electron chi connectivity index (χ4n) is 1.31. The van der Waals surface area contributed by atoms with Gasteiger partial charge in [0.2, 0.25) is 0 Å². The molecule has 0 bridgehead atoms. The number of furan rings is 1. The average molecular weight is 339 g/mol. The lowest BCUT2D eigenvalue weighted by Crippen LogP contribution is -2.43. The second-order valence-corrected chi connectivity index (χ2v) is 4.64. The maximum Gasteiger partial charge on any atom is 0.305 e. The molecule has 2 N–H and O–H groups in total. The van der Waals surface area contributed by atoms with Crippen molar-refractivity contribution in [2.45, 2.75) is 0 Å². The van der Waals surface area contributed by atoms with Crippen LogP contribution in [0.2, 0.25) is 0 Å². The molecule has 0 radical (unpaired) electrons. The summed E-state index contributed by atoms with van der Waals surface area (Å²) in [6.45, 7) is -0.208. The van der Waals surface area contributed by atoms with Gasteiger partial charge in [0.1, 0.15) is 5.75 Å². The van der Waals surface area contributed by atoms with Crippen LogP contribution in [0.5, 0.6) is 5.75 Å². The molecule has 0 aliphatic heterocycles. The number of carbonyl (C=O) groups is 2. The third-order valence-corrected chi connectivity index (χ3v) is 2.77. The first-order valence-electron chi connectivity index (χ1n) is 5.66. The van der Waals surface area contributed by atoms with Gasteiger partial charge in [-0.25, -0.2) is 0 Å². The summed E-state index contributed by atoms with van der Waals surface area (Å²) in [4.78, 5) is 22.9. The first-order chi connectivity index (χ1) is 9.65. The number of nitrogens with one attached hydrogen (secondary N) is 2. The van der Waals surface area contributed by atoms with Gasteiger partial charge in [-0.3, -0.25) is 20.4 Å². The largest absolute Gasteiger partial charge is 0.484 e. The minimum atomic E-state index is -0.535. The van der Waals surface area contributed by atoms with Crippen LogP contribution in [-0.2, 0) is 4.79 Å². The monoisotopic (exact) mass is 338 g/mol. The fraction of sp³-hybridized carbons (Fsp3) is 0.0769. The standard InChI is InChI=1S/C13H11BrN2O4/c14-9-3-5-10(6-4-9)20-8-12(17)15-16-13(18)11-2-1-7-19-11/h1-7H,8H2,(H,15,17)(H,16,18). The van der Waals surface area contributed by atoms with Crippen LogP contribution in [0, 0.1) is 0 Å². The highest BCUT2D eigenvalue weighted by Gasteiger charge is 2.09. The molecule has 7 heteroatoms. The lowest BCUT2D eigenvalue weighted by molar-refractivity contribution is -0.123. The van der Waals surface area contributed by atoms with Gasteiger partial charge in [0, 0.05) is 4.47 Å². The summed E-state index contributed by atoms with van der Waals surface area (Å²) in [5.74, 6) is -0.348. The lowest BCUT2D eigenvalue weighted by atomic mass is 10.3. The zero-order valence-corrected chi connectivity index (χ0v) is 11.8. The molecule has 0 aliphatic rings. The number of ether oxygens (including phenoxy) is 1. The van der Waals surface area contributed by atoms with Crippen LogP contribution in [0.4, 0.5) is 0 Å². The maximum atomic E-state index is 11.5. The molecule has 0 aliphatic carbocycles. The fourth-order valence-corrected chi connectivity index (χ4v) is 1.58. The highest BCUT2D eigenvalue weighted by molar-refractivity contribution is 9.10. The van der Waals surface area contributed by atoms with Crippen molar-refractivity contribution in [3.8, 4) is 5.75 Å². The molecule has 1 aromatic heterocycles. The number of hydrogen-bond donors (Lipinski definition) is 2. The summed E-state index contributed by atoms with van der Waals surface area (Å²) in [6.07, 6.45) is 1.37. The van der Waals surface area contributed by atoms with Crippen molar-refractivity contribution in [1.82, 2.24) is 10.9 Å². The second kappa shape index (κ2) is 6.76. The highest BCUT2D eigenvalue weighted by Crippen LogP contribution is 2.15. The summed E-state index contributed by atoms with van der Waals surface area (Å²) in [5, 5.41) is 0. The number of amides is 2. The molecule has 2 aromatic rings. The molecule has 2 rings (SSSR count). The quantitative estimate of drug-likeness (QED) is 0.834. The van der Waals surface area contributed by atoms with E-state index in [2.05, 4.69) is 26.8 Å². The molecule has 0 saturated carbocycles. The Morgan fingerprint density at radius 3 is 2.55 bits per heavy atom. The molecule has 0 fully saturated rings. The summed E-state index contributed by atoms with van der Waals surface area (Å²) in [6, 6.07) is 10.1. The summed E-state index contributed by atoms with van der Waals surface area (Å²) in [5.41, 5.74) is 4.43. The van der Waals surface area contributed by atoms with Crippen molar-refractivity contribution in [3.63, 3.8) is 0 Å². The summed E-state index contributed by atoms with van der Waals surface area (Å²) < 4.78 is 11.0. The van der Waals surface area contributed by atoms with E-state index >= 15 is 0 Å². The molecule has 0 saturated heterocycles. The molecule has 1 heterocycles. The second-order valence-electron chi connectivity index (χ2n) is 3.72. The Kier molecular flexibility index (Phi) is 4.78. The number of rotatable bonds is 4. The van der Waals surface area contributed by atoms with Crippen molar-refractivity contribution in [3.05, 3.63) is 52.9 Å². The van der Waals surface area contributed by atoms with E-state index < -0.39 is 11.8 Å². The maximum absolute atomic E-state index is 11.5. The Balaban J connectivity index is 1.73. The van der Waals surface area contributed by atoms with Crippen LogP contribution in [-0.4, -0.2) is 18.4 Å². The Morgan fingerprint density at radius 2 is 1.90 bits per heavy atom. The van der Waals surface area contributed by atoms with Gasteiger partial charge < -0.3 is 9.15 Å². The molecule has 6 nitrogen and oxygen atoms in total. The third kappa shape index (κ3) is 4.13. The van der Waals surface area contributed by atoms with Crippen LogP contribution in [0.3, 0.4) is 0 Å². The van der Waals surface area contributed by atoms with Gasteiger partial charge in [-0.05, 0) is 36.4 Å². The van der Waals surface area contributed by atoms with Gasteiger partial charge in [0.05, 0.1) is 6.26 Å². The van der Waals surface area contributed by atoms with Crippen LogP contribution < -0.4 is 15.6 Å². The topological polar surface area (TPSA) is 80.6 Å².